The number of carbonyl (C=O) groups is 1. The van der Waals surface area contributed by atoms with Crippen LogP contribution in [-0.4, -0.2) is 22.1 Å². The van der Waals surface area contributed by atoms with Crippen molar-refractivity contribution in [3.05, 3.63) is 98.9 Å². The Bertz CT molecular complexity index is 1290. The molecule has 1 atom stereocenters. The molecule has 0 saturated heterocycles. The summed E-state index contributed by atoms with van der Waals surface area (Å²) in [5.41, 5.74) is 3.34. The first-order chi connectivity index (χ1) is 15.9. The topological polar surface area (TPSA) is 74.3 Å². The van der Waals surface area contributed by atoms with E-state index in [1.165, 1.54) is 12.1 Å². The van der Waals surface area contributed by atoms with Crippen LogP contribution in [0.4, 0.5) is 4.39 Å². The summed E-state index contributed by atoms with van der Waals surface area (Å²) in [5, 5.41) is 14.2. The van der Waals surface area contributed by atoms with Gasteiger partial charge in [0.2, 0.25) is 0 Å². The fourth-order valence-electron chi connectivity index (χ4n) is 3.62. The molecule has 0 unspecified atom stereocenters. The molecule has 3 N–H and O–H groups in total. The maximum atomic E-state index is 13.3. The Balaban J connectivity index is 1.47. The number of carboxylic acid groups (broad SMARTS) is 1. The van der Waals surface area contributed by atoms with Crippen molar-refractivity contribution in [3.63, 3.8) is 0 Å². The molecule has 0 aliphatic carbocycles. The molecule has 1 heterocycles. The molecule has 4 rings (SSSR count). The van der Waals surface area contributed by atoms with Gasteiger partial charge < -0.3 is 14.8 Å². The van der Waals surface area contributed by atoms with Crippen LogP contribution in [-0.2, 0) is 24.4 Å². The van der Waals surface area contributed by atoms with Crippen LogP contribution in [0.15, 0.2) is 71.3 Å². The zero-order valence-corrected chi connectivity index (χ0v) is 19.8. The van der Waals surface area contributed by atoms with Gasteiger partial charge in [-0.25, -0.2) is 4.39 Å². The summed E-state index contributed by atoms with van der Waals surface area (Å²) in [6.07, 6.45) is 2.18. The summed E-state index contributed by atoms with van der Waals surface area (Å²) >= 11 is 9.56. The Kier molecular flexibility index (Phi) is 7.33. The lowest BCUT2D eigenvalue weighted by atomic mass is 10.0. The summed E-state index contributed by atoms with van der Waals surface area (Å²) in [4.78, 5) is 15.1. The molecule has 4 aromatic rings. The number of aromatic nitrogens is 1. The SMILES string of the molecule is O=C(O)[C@@H](Cc1c[nH]c2ccccc12)NCc1cc(Br)ccc1OCc1ccc(F)cc1Cl. The van der Waals surface area contributed by atoms with E-state index in [1.807, 2.05) is 42.6 Å². The van der Waals surface area contributed by atoms with E-state index in [-0.39, 0.29) is 18.2 Å². The molecule has 0 aliphatic heterocycles. The van der Waals surface area contributed by atoms with Crippen LogP contribution >= 0.6 is 27.5 Å². The molecule has 8 heteroatoms. The summed E-state index contributed by atoms with van der Waals surface area (Å²) in [6, 6.07) is 16.7. The number of para-hydroxylation sites is 1. The quantitative estimate of drug-likeness (QED) is 0.244. The van der Waals surface area contributed by atoms with Crippen LogP contribution in [0.25, 0.3) is 10.9 Å². The molecule has 0 saturated carbocycles. The second-order valence-corrected chi connectivity index (χ2v) is 8.93. The Labute approximate surface area is 203 Å². The number of fused-ring (bicyclic) bond motifs is 1. The van der Waals surface area contributed by atoms with Gasteiger partial charge in [0.05, 0.1) is 5.02 Å². The molecule has 0 amide bonds. The van der Waals surface area contributed by atoms with E-state index in [2.05, 4.69) is 26.2 Å². The van der Waals surface area contributed by atoms with Crippen LogP contribution in [0.2, 0.25) is 5.02 Å². The summed E-state index contributed by atoms with van der Waals surface area (Å²) in [5.74, 6) is -0.759. The third-order valence-electron chi connectivity index (χ3n) is 5.36. The van der Waals surface area contributed by atoms with Crippen molar-refractivity contribution in [2.75, 3.05) is 0 Å². The smallest absolute Gasteiger partial charge is 0.321 e. The Morgan fingerprint density at radius 2 is 1.94 bits per heavy atom. The molecular weight excluding hydrogens is 511 g/mol. The van der Waals surface area contributed by atoms with Gasteiger partial charge in [-0.15, -0.1) is 0 Å². The molecule has 33 heavy (non-hydrogen) atoms. The van der Waals surface area contributed by atoms with Crippen LogP contribution in [0.5, 0.6) is 5.75 Å². The molecule has 0 spiro atoms. The molecular formula is C25H21BrClFN2O3. The molecule has 5 nitrogen and oxygen atoms in total. The Morgan fingerprint density at radius 1 is 1.12 bits per heavy atom. The lowest BCUT2D eigenvalue weighted by Gasteiger charge is -2.17. The van der Waals surface area contributed by atoms with Gasteiger partial charge in [-0.05, 0) is 42.0 Å². The lowest BCUT2D eigenvalue weighted by molar-refractivity contribution is -0.139. The van der Waals surface area contributed by atoms with Crippen molar-refractivity contribution >= 4 is 44.4 Å². The van der Waals surface area contributed by atoms with Crippen molar-refractivity contribution in [1.29, 1.82) is 0 Å². The first-order valence-electron chi connectivity index (χ1n) is 10.3. The largest absolute Gasteiger partial charge is 0.489 e. The van der Waals surface area contributed by atoms with Gasteiger partial charge in [0.25, 0.3) is 0 Å². The zero-order valence-electron chi connectivity index (χ0n) is 17.4. The summed E-state index contributed by atoms with van der Waals surface area (Å²) < 4.78 is 20.1. The van der Waals surface area contributed by atoms with Gasteiger partial charge in [-0.3, -0.25) is 10.1 Å². The highest BCUT2D eigenvalue weighted by molar-refractivity contribution is 9.10. The van der Waals surface area contributed by atoms with Crippen LogP contribution in [0.3, 0.4) is 0 Å². The summed E-state index contributed by atoms with van der Waals surface area (Å²) in [6.45, 7) is 0.441. The van der Waals surface area contributed by atoms with E-state index in [4.69, 9.17) is 16.3 Å². The third kappa shape index (κ3) is 5.74. The van der Waals surface area contributed by atoms with Crippen LogP contribution in [0.1, 0.15) is 16.7 Å². The average molecular weight is 532 g/mol. The van der Waals surface area contributed by atoms with Gasteiger partial charge in [-0.2, -0.15) is 0 Å². The minimum absolute atomic E-state index is 0.158. The molecule has 0 fully saturated rings. The maximum absolute atomic E-state index is 13.3. The van der Waals surface area contributed by atoms with E-state index in [0.29, 0.717) is 17.7 Å². The second-order valence-electron chi connectivity index (χ2n) is 7.61. The van der Waals surface area contributed by atoms with E-state index < -0.39 is 17.8 Å². The van der Waals surface area contributed by atoms with Crippen molar-refractivity contribution in [3.8, 4) is 5.75 Å². The molecule has 0 aliphatic rings. The number of rotatable bonds is 9. The number of benzene rings is 3. The number of halogens is 3. The first kappa shape index (κ1) is 23.3. The van der Waals surface area contributed by atoms with Gasteiger partial charge in [-0.1, -0.05) is 51.8 Å². The first-order valence-corrected chi connectivity index (χ1v) is 11.4. The van der Waals surface area contributed by atoms with E-state index >= 15 is 0 Å². The van der Waals surface area contributed by atoms with E-state index in [1.54, 1.807) is 12.1 Å². The lowest BCUT2D eigenvalue weighted by Crippen LogP contribution is -2.38. The minimum Gasteiger partial charge on any atom is -0.489 e. The molecule has 0 bridgehead atoms. The highest BCUT2D eigenvalue weighted by Gasteiger charge is 2.20. The van der Waals surface area contributed by atoms with Crippen LogP contribution in [0, 0.1) is 5.82 Å². The van der Waals surface area contributed by atoms with Gasteiger partial charge >= 0.3 is 5.97 Å². The standard InChI is InChI=1S/C25H21BrClFN2O3/c26-18-6-8-24(33-14-15-5-7-19(28)11-21(15)27)17(9-18)13-30-23(25(31)32)10-16-12-29-22-4-2-1-3-20(16)22/h1-9,11-12,23,29-30H,10,13-14H2,(H,31,32)/t23-/m1/s1. The third-order valence-corrected chi connectivity index (χ3v) is 6.20. The fourth-order valence-corrected chi connectivity index (χ4v) is 4.25. The van der Waals surface area contributed by atoms with Crippen molar-refractivity contribution in [2.45, 2.75) is 25.6 Å². The summed E-state index contributed by atoms with van der Waals surface area (Å²) in [7, 11) is 0. The maximum Gasteiger partial charge on any atom is 0.321 e. The highest BCUT2D eigenvalue weighted by Crippen LogP contribution is 2.26. The predicted molar refractivity (Wildman–Crippen MR) is 130 cm³/mol. The molecule has 1 aromatic heterocycles. The van der Waals surface area contributed by atoms with Gasteiger partial charge in [0.15, 0.2) is 0 Å². The van der Waals surface area contributed by atoms with Crippen molar-refractivity contribution in [2.24, 2.45) is 0 Å². The molecule has 170 valence electrons. The monoisotopic (exact) mass is 530 g/mol. The number of aliphatic carboxylic acids is 1. The molecule has 0 radical (unpaired) electrons. The van der Waals surface area contributed by atoms with Crippen molar-refractivity contribution < 1.29 is 19.0 Å². The van der Waals surface area contributed by atoms with E-state index in [0.717, 1.165) is 26.5 Å². The van der Waals surface area contributed by atoms with Crippen molar-refractivity contribution in [1.82, 2.24) is 10.3 Å². The minimum atomic E-state index is -0.934. The van der Waals surface area contributed by atoms with E-state index in [9.17, 15) is 14.3 Å². The second kappa shape index (κ2) is 10.4. The number of H-pyrrole nitrogens is 1. The predicted octanol–water partition coefficient (Wildman–Crippen LogP) is 6.09. The normalized spacial score (nSPS) is 12.1. The Morgan fingerprint density at radius 3 is 2.73 bits per heavy atom. The number of ether oxygens (including phenoxy) is 1. The number of aromatic amines is 1. The number of carboxylic acids is 1. The highest BCUT2D eigenvalue weighted by atomic mass is 79.9. The fraction of sp³-hybridized carbons (Fsp3) is 0.160. The number of nitrogens with one attached hydrogen (secondary N) is 2. The Hall–Kier alpha value is -2.87. The van der Waals surface area contributed by atoms with Crippen LogP contribution < -0.4 is 10.1 Å². The van der Waals surface area contributed by atoms with Gasteiger partial charge in [0.1, 0.15) is 24.2 Å². The van der Waals surface area contributed by atoms with Gasteiger partial charge in [0, 0.05) is 45.7 Å². The average Bonchev–Trinajstić information content (AvgIpc) is 3.19. The number of hydrogen-bond acceptors (Lipinski definition) is 3. The zero-order chi connectivity index (χ0) is 23.4. The molecule has 3 aromatic carbocycles. The number of hydrogen-bond donors (Lipinski definition) is 3.